The van der Waals surface area contributed by atoms with Gasteiger partial charge in [0.25, 0.3) is 0 Å². The fourth-order valence-electron chi connectivity index (χ4n) is 1.79. The molecule has 1 nitrogen and oxygen atoms in total. The van der Waals surface area contributed by atoms with Crippen LogP contribution in [-0.4, -0.2) is 12.6 Å². The number of aryl methyl sites for hydroxylation is 1. The zero-order chi connectivity index (χ0) is 12.0. The molecule has 90 valence electrons. The van der Waals surface area contributed by atoms with Crippen molar-refractivity contribution in [1.29, 1.82) is 0 Å². The Hall–Kier alpha value is -0.530. The van der Waals surface area contributed by atoms with Crippen LogP contribution in [0.4, 0.5) is 0 Å². The predicted octanol–water partition coefficient (Wildman–Crippen LogP) is 3.97. The first kappa shape index (κ1) is 13.5. The van der Waals surface area contributed by atoms with E-state index in [1.165, 1.54) is 17.5 Å². The van der Waals surface area contributed by atoms with Crippen molar-refractivity contribution >= 4 is 11.6 Å². The number of halogens is 1. The number of benzene rings is 1. The summed E-state index contributed by atoms with van der Waals surface area (Å²) in [7, 11) is 0. The lowest BCUT2D eigenvalue weighted by atomic mass is 10.0. The van der Waals surface area contributed by atoms with Crippen molar-refractivity contribution in [3.8, 4) is 0 Å². The monoisotopic (exact) mass is 239 g/mol. The van der Waals surface area contributed by atoms with Crippen molar-refractivity contribution in [3.05, 3.63) is 34.3 Å². The summed E-state index contributed by atoms with van der Waals surface area (Å²) < 4.78 is 0. The van der Waals surface area contributed by atoms with Gasteiger partial charge in [0.1, 0.15) is 0 Å². The van der Waals surface area contributed by atoms with E-state index in [0.717, 1.165) is 24.4 Å². The molecule has 16 heavy (non-hydrogen) atoms. The van der Waals surface area contributed by atoms with Crippen molar-refractivity contribution < 1.29 is 0 Å². The maximum atomic E-state index is 6.24. The second-order valence-electron chi connectivity index (χ2n) is 4.36. The van der Waals surface area contributed by atoms with Crippen molar-refractivity contribution in [1.82, 2.24) is 5.32 Å². The Balaban J connectivity index is 2.62. The molecule has 0 amide bonds. The summed E-state index contributed by atoms with van der Waals surface area (Å²) in [5, 5.41) is 4.45. The molecule has 0 aliphatic heterocycles. The van der Waals surface area contributed by atoms with Gasteiger partial charge in [0.15, 0.2) is 0 Å². The number of nitrogens with one attached hydrogen (secondary N) is 1. The lowest BCUT2D eigenvalue weighted by Crippen LogP contribution is -2.31. The lowest BCUT2D eigenvalue weighted by Gasteiger charge is -2.17. The SMILES string of the molecule is CCCNC(CC)Cc1ccc(C)cc1Cl. The fraction of sp³-hybridized carbons (Fsp3) is 0.571. The highest BCUT2D eigenvalue weighted by molar-refractivity contribution is 6.31. The summed E-state index contributed by atoms with van der Waals surface area (Å²) in [6, 6.07) is 6.87. The first-order chi connectivity index (χ1) is 7.67. The molecule has 0 saturated heterocycles. The van der Waals surface area contributed by atoms with E-state index in [4.69, 9.17) is 11.6 Å². The van der Waals surface area contributed by atoms with Gasteiger partial charge < -0.3 is 5.32 Å². The number of hydrogen-bond donors (Lipinski definition) is 1. The van der Waals surface area contributed by atoms with Crippen LogP contribution in [0.1, 0.15) is 37.8 Å². The molecule has 0 saturated carbocycles. The molecule has 0 radical (unpaired) electrons. The smallest absolute Gasteiger partial charge is 0.0441 e. The highest BCUT2D eigenvalue weighted by Gasteiger charge is 2.08. The van der Waals surface area contributed by atoms with Gasteiger partial charge in [-0.3, -0.25) is 0 Å². The highest BCUT2D eigenvalue weighted by Crippen LogP contribution is 2.19. The van der Waals surface area contributed by atoms with E-state index in [1.54, 1.807) is 0 Å². The average Bonchev–Trinajstić information content (AvgIpc) is 2.27. The summed E-state index contributed by atoms with van der Waals surface area (Å²) in [6.07, 6.45) is 3.35. The molecule has 1 aromatic carbocycles. The van der Waals surface area contributed by atoms with Gasteiger partial charge in [-0.15, -0.1) is 0 Å². The van der Waals surface area contributed by atoms with E-state index in [9.17, 15) is 0 Å². The zero-order valence-electron chi connectivity index (χ0n) is 10.5. The van der Waals surface area contributed by atoms with E-state index in [-0.39, 0.29) is 0 Å². The molecule has 1 unspecified atom stereocenters. The predicted molar refractivity (Wildman–Crippen MR) is 72.3 cm³/mol. The van der Waals surface area contributed by atoms with Gasteiger partial charge in [0.2, 0.25) is 0 Å². The molecule has 0 aliphatic rings. The number of hydrogen-bond acceptors (Lipinski definition) is 1. The third-order valence-electron chi connectivity index (χ3n) is 2.85. The molecule has 0 aliphatic carbocycles. The van der Waals surface area contributed by atoms with Crippen molar-refractivity contribution in [2.75, 3.05) is 6.54 Å². The van der Waals surface area contributed by atoms with E-state index >= 15 is 0 Å². The maximum absolute atomic E-state index is 6.24. The third kappa shape index (κ3) is 4.15. The van der Waals surface area contributed by atoms with E-state index < -0.39 is 0 Å². The van der Waals surface area contributed by atoms with Crippen molar-refractivity contribution in [2.24, 2.45) is 0 Å². The van der Waals surface area contributed by atoms with Crippen LogP contribution in [-0.2, 0) is 6.42 Å². The first-order valence-corrected chi connectivity index (χ1v) is 6.53. The van der Waals surface area contributed by atoms with Gasteiger partial charge in [0, 0.05) is 11.1 Å². The molecule has 0 heterocycles. The summed E-state index contributed by atoms with van der Waals surface area (Å²) in [5.74, 6) is 0. The summed E-state index contributed by atoms with van der Waals surface area (Å²) in [5.41, 5.74) is 2.48. The van der Waals surface area contributed by atoms with Crippen LogP contribution in [0.3, 0.4) is 0 Å². The summed E-state index contributed by atoms with van der Waals surface area (Å²) in [6.45, 7) is 7.57. The standard InChI is InChI=1S/C14H22ClN/c1-4-8-16-13(5-2)10-12-7-6-11(3)9-14(12)15/h6-7,9,13,16H,4-5,8,10H2,1-3H3. The molecule has 1 aromatic rings. The summed E-state index contributed by atoms with van der Waals surface area (Å²) >= 11 is 6.24. The normalized spacial score (nSPS) is 12.8. The van der Waals surface area contributed by atoms with Crippen LogP contribution in [0.15, 0.2) is 18.2 Å². The van der Waals surface area contributed by atoms with E-state index in [1.807, 2.05) is 6.07 Å². The first-order valence-electron chi connectivity index (χ1n) is 6.15. The maximum Gasteiger partial charge on any atom is 0.0441 e. The third-order valence-corrected chi connectivity index (χ3v) is 3.20. The number of rotatable bonds is 6. The van der Waals surface area contributed by atoms with Gasteiger partial charge in [0.05, 0.1) is 0 Å². The Bertz CT molecular complexity index is 323. The molecule has 0 bridgehead atoms. The zero-order valence-corrected chi connectivity index (χ0v) is 11.3. The molecular weight excluding hydrogens is 218 g/mol. The van der Waals surface area contributed by atoms with Crippen molar-refractivity contribution in [3.63, 3.8) is 0 Å². The lowest BCUT2D eigenvalue weighted by molar-refractivity contribution is 0.495. The molecule has 1 atom stereocenters. The van der Waals surface area contributed by atoms with Crippen LogP contribution < -0.4 is 5.32 Å². The minimum Gasteiger partial charge on any atom is -0.314 e. The molecule has 0 spiro atoms. The van der Waals surface area contributed by atoms with E-state index in [2.05, 4.69) is 38.2 Å². The minimum atomic E-state index is 0.542. The average molecular weight is 240 g/mol. The Kier molecular flexibility index (Phi) is 5.86. The van der Waals surface area contributed by atoms with Crippen LogP contribution in [0.5, 0.6) is 0 Å². The minimum absolute atomic E-state index is 0.542. The second-order valence-corrected chi connectivity index (χ2v) is 4.77. The molecule has 1 rings (SSSR count). The molecule has 0 fully saturated rings. The molecule has 2 heteroatoms. The van der Waals surface area contributed by atoms with Gasteiger partial charge in [-0.1, -0.05) is 37.6 Å². The fourth-order valence-corrected chi connectivity index (χ4v) is 2.10. The second kappa shape index (κ2) is 6.93. The molecule has 0 aromatic heterocycles. The Morgan fingerprint density at radius 2 is 2.06 bits per heavy atom. The summed E-state index contributed by atoms with van der Waals surface area (Å²) in [4.78, 5) is 0. The van der Waals surface area contributed by atoms with Crippen molar-refractivity contribution in [2.45, 2.75) is 46.1 Å². The van der Waals surface area contributed by atoms with Crippen LogP contribution in [0.2, 0.25) is 5.02 Å². The highest BCUT2D eigenvalue weighted by atomic mass is 35.5. The van der Waals surface area contributed by atoms with Crippen LogP contribution in [0.25, 0.3) is 0 Å². The Morgan fingerprint density at radius 3 is 2.62 bits per heavy atom. The van der Waals surface area contributed by atoms with Gasteiger partial charge in [-0.05, 0) is 49.9 Å². The largest absolute Gasteiger partial charge is 0.314 e. The van der Waals surface area contributed by atoms with Gasteiger partial charge >= 0.3 is 0 Å². The molecular formula is C14H22ClN. The Morgan fingerprint density at radius 1 is 1.31 bits per heavy atom. The van der Waals surface area contributed by atoms with Crippen LogP contribution in [0, 0.1) is 6.92 Å². The van der Waals surface area contributed by atoms with E-state index in [0.29, 0.717) is 6.04 Å². The quantitative estimate of drug-likeness (QED) is 0.792. The Labute approximate surface area is 104 Å². The molecule has 1 N–H and O–H groups in total. The van der Waals surface area contributed by atoms with Gasteiger partial charge in [-0.2, -0.15) is 0 Å². The topological polar surface area (TPSA) is 12.0 Å². The van der Waals surface area contributed by atoms with Crippen LogP contribution >= 0.6 is 11.6 Å². The van der Waals surface area contributed by atoms with Gasteiger partial charge in [-0.25, -0.2) is 0 Å².